The number of pyridine rings is 1. The number of nitrogens with one attached hydrogen (secondary N) is 1. The van der Waals surface area contributed by atoms with Crippen molar-refractivity contribution in [2.24, 2.45) is 0 Å². The van der Waals surface area contributed by atoms with E-state index >= 15 is 0 Å². The van der Waals surface area contributed by atoms with Crippen molar-refractivity contribution in [3.05, 3.63) is 83.6 Å². The van der Waals surface area contributed by atoms with Crippen molar-refractivity contribution in [3.63, 3.8) is 0 Å². The Morgan fingerprint density at radius 3 is 2.59 bits per heavy atom. The minimum Gasteiger partial charge on any atom is -0.455 e. The maximum Gasteiger partial charge on any atom is 0.287 e. The lowest BCUT2D eigenvalue weighted by molar-refractivity contribution is 0.0918. The predicted molar refractivity (Wildman–Crippen MR) is 113 cm³/mol. The van der Waals surface area contributed by atoms with Gasteiger partial charge >= 0.3 is 0 Å². The second-order valence-electron chi connectivity index (χ2n) is 7.32. The summed E-state index contributed by atoms with van der Waals surface area (Å²) in [5.74, 6) is 0.943. The molecule has 0 unspecified atom stereocenters. The van der Waals surface area contributed by atoms with Gasteiger partial charge in [-0.3, -0.25) is 14.7 Å². The summed E-state index contributed by atoms with van der Waals surface area (Å²) in [6, 6.07) is 17.8. The molecule has 0 bridgehead atoms. The number of amides is 1. The van der Waals surface area contributed by atoms with Crippen LogP contribution in [0.25, 0.3) is 0 Å². The van der Waals surface area contributed by atoms with E-state index in [-0.39, 0.29) is 5.91 Å². The number of piperazine rings is 1. The molecule has 4 rings (SSSR count). The molecular formula is C23H26N4O2. The van der Waals surface area contributed by atoms with E-state index in [1.54, 1.807) is 12.3 Å². The largest absolute Gasteiger partial charge is 0.455 e. The van der Waals surface area contributed by atoms with E-state index in [1.165, 1.54) is 11.3 Å². The van der Waals surface area contributed by atoms with E-state index < -0.39 is 0 Å². The van der Waals surface area contributed by atoms with Crippen molar-refractivity contribution >= 4 is 11.6 Å². The van der Waals surface area contributed by atoms with Gasteiger partial charge in [-0.2, -0.15) is 0 Å². The highest BCUT2D eigenvalue weighted by Crippen LogP contribution is 2.21. The van der Waals surface area contributed by atoms with Gasteiger partial charge in [-0.1, -0.05) is 24.3 Å². The number of para-hydroxylation sites is 1. The van der Waals surface area contributed by atoms with Crippen LogP contribution in [-0.2, 0) is 13.1 Å². The van der Waals surface area contributed by atoms with Gasteiger partial charge in [-0.15, -0.1) is 0 Å². The second kappa shape index (κ2) is 8.92. The molecule has 150 valence electrons. The molecule has 2 aromatic heterocycles. The van der Waals surface area contributed by atoms with Crippen LogP contribution in [0, 0.1) is 6.92 Å². The van der Waals surface area contributed by atoms with Crippen LogP contribution >= 0.6 is 0 Å². The van der Waals surface area contributed by atoms with Crippen LogP contribution in [0.3, 0.4) is 0 Å². The molecular weight excluding hydrogens is 364 g/mol. The summed E-state index contributed by atoms with van der Waals surface area (Å²) < 4.78 is 5.78. The van der Waals surface area contributed by atoms with Crippen LogP contribution < -0.4 is 10.2 Å². The summed E-state index contributed by atoms with van der Waals surface area (Å²) in [4.78, 5) is 21.3. The quantitative estimate of drug-likeness (QED) is 0.700. The van der Waals surface area contributed by atoms with Crippen LogP contribution in [0.4, 0.5) is 5.69 Å². The van der Waals surface area contributed by atoms with Gasteiger partial charge in [0.1, 0.15) is 5.76 Å². The van der Waals surface area contributed by atoms with Crippen molar-refractivity contribution in [2.75, 3.05) is 31.1 Å². The van der Waals surface area contributed by atoms with Crippen molar-refractivity contribution in [2.45, 2.75) is 20.0 Å². The summed E-state index contributed by atoms with van der Waals surface area (Å²) in [6.45, 7) is 7.18. The van der Waals surface area contributed by atoms with E-state index in [0.717, 1.165) is 44.2 Å². The number of anilines is 1. The molecule has 29 heavy (non-hydrogen) atoms. The maximum atomic E-state index is 12.3. The molecule has 1 saturated heterocycles. The topological polar surface area (TPSA) is 61.6 Å². The fourth-order valence-electron chi connectivity index (χ4n) is 3.63. The summed E-state index contributed by atoms with van der Waals surface area (Å²) >= 11 is 0. The van der Waals surface area contributed by atoms with Gasteiger partial charge < -0.3 is 14.6 Å². The number of aryl methyl sites for hydroxylation is 1. The maximum absolute atomic E-state index is 12.3. The molecule has 0 aliphatic carbocycles. The Morgan fingerprint density at radius 2 is 1.83 bits per heavy atom. The highest BCUT2D eigenvalue weighted by atomic mass is 16.4. The zero-order valence-corrected chi connectivity index (χ0v) is 16.7. The normalized spacial score (nSPS) is 14.7. The first kappa shape index (κ1) is 19.2. The Bertz CT molecular complexity index is 946. The molecule has 1 aliphatic heterocycles. The predicted octanol–water partition coefficient (Wildman–Crippen LogP) is 3.24. The third kappa shape index (κ3) is 4.84. The molecule has 1 amide bonds. The van der Waals surface area contributed by atoms with Gasteiger partial charge in [0.2, 0.25) is 0 Å². The summed E-state index contributed by atoms with van der Waals surface area (Å²) in [6.07, 6.45) is 1.71. The third-order valence-electron chi connectivity index (χ3n) is 5.25. The van der Waals surface area contributed by atoms with Crippen molar-refractivity contribution < 1.29 is 9.21 Å². The van der Waals surface area contributed by atoms with Gasteiger partial charge in [-0.05, 0) is 42.8 Å². The zero-order valence-electron chi connectivity index (χ0n) is 16.7. The number of hydrogen-bond acceptors (Lipinski definition) is 5. The van der Waals surface area contributed by atoms with Gasteiger partial charge in [0.25, 0.3) is 5.91 Å². The molecule has 1 aromatic carbocycles. The van der Waals surface area contributed by atoms with Gasteiger partial charge in [0.05, 0.1) is 18.8 Å². The molecule has 1 fully saturated rings. The Hall–Kier alpha value is -3.12. The number of rotatable bonds is 6. The molecule has 0 saturated carbocycles. The van der Waals surface area contributed by atoms with E-state index in [9.17, 15) is 4.79 Å². The number of hydrogen-bond donors (Lipinski definition) is 1. The molecule has 3 aromatic rings. The first-order valence-corrected chi connectivity index (χ1v) is 9.99. The molecule has 6 heteroatoms. The number of benzene rings is 1. The van der Waals surface area contributed by atoms with Crippen LogP contribution in [-0.4, -0.2) is 42.0 Å². The SMILES string of the molecule is Cc1ccccc1N1CCN(Cc2ccc(C(=O)NCc3ccccn3)o2)CC1. The van der Waals surface area contributed by atoms with E-state index in [2.05, 4.69) is 51.3 Å². The average molecular weight is 390 g/mol. The molecule has 1 aliphatic rings. The van der Waals surface area contributed by atoms with E-state index in [1.807, 2.05) is 24.3 Å². The van der Waals surface area contributed by atoms with Gasteiger partial charge in [0.15, 0.2) is 5.76 Å². The van der Waals surface area contributed by atoms with Crippen molar-refractivity contribution in [1.29, 1.82) is 0 Å². The summed E-state index contributed by atoms with van der Waals surface area (Å²) in [7, 11) is 0. The monoisotopic (exact) mass is 390 g/mol. The third-order valence-corrected chi connectivity index (χ3v) is 5.25. The Labute approximate surface area is 171 Å². The Balaban J connectivity index is 1.27. The molecule has 6 nitrogen and oxygen atoms in total. The minimum absolute atomic E-state index is 0.216. The first-order valence-electron chi connectivity index (χ1n) is 9.99. The first-order chi connectivity index (χ1) is 14.2. The number of nitrogens with zero attached hydrogens (tertiary/aromatic N) is 3. The van der Waals surface area contributed by atoms with E-state index in [4.69, 9.17) is 4.42 Å². The number of furan rings is 1. The lowest BCUT2D eigenvalue weighted by Crippen LogP contribution is -2.46. The molecule has 0 radical (unpaired) electrons. The summed E-state index contributed by atoms with van der Waals surface area (Å²) in [5.41, 5.74) is 3.45. The molecule has 0 atom stereocenters. The smallest absolute Gasteiger partial charge is 0.287 e. The van der Waals surface area contributed by atoms with Gasteiger partial charge in [-0.25, -0.2) is 0 Å². The van der Waals surface area contributed by atoms with Crippen LogP contribution in [0.1, 0.15) is 27.6 Å². The Morgan fingerprint density at radius 1 is 1.03 bits per heavy atom. The molecule has 3 heterocycles. The van der Waals surface area contributed by atoms with Crippen LogP contribution in [0.5, 0.6) is 0 Å². The Kier molecular flexibility index (Phi) is 5.91. The lowest BCUT2D eigenvalue weighted by Gasteiger charge is -2.36. The fraction of sp³-hybridized carbons (Fsp3) is 0.304. The number of carbonyl (C=O) groups is 1. The standard InChI is InChI=1S/C23H26N4O2/c1-18-6-2-3-8-21(18)27-14-12-26(13-15-27)17-20-9-10-22(29-20)23(28)25-16-19-7-4-5-11-24-19/h2-11H,12-17H2,1H3,(H,25,28). The fourth-order valence-corrected chi connectivity index (χ4v) is 3.63. The number of carbonyl (C=O) groups excluding carboxylic acids is 1. The second-order valence-corrected chi connectivity index (χ2v) is 7.32. The van der Waals surface area contributed by atoms with Gasteiger partial charge in [0, 0.05) is 38.1 Å². The van der Waals surface area contributed by atoms with Crippen molar-refractivity contribution in [1.82, 2.24) is 15.2 Å². The van der Waals surface area contributed by atoms with E-state index in [0.29, 0.717) is 12.3 Å². The van der Waals surface area contributed by atoms with Crippen LogP contribution in [0.15, 0.2) is 65.2 Å². The molecule has 0 spiro atoms. The highest BCUT2D eigenvalue weighted by molar-refractivity contribution is 5.91. The molecule has 1 N–H and O–H groups in total. The zero-order chi connectivity index (χ0) is 20.1. The minimum atomic E-state index is -0.216. The van der Waals surface area contributed by atoms with Crippen LogP contribution in [0.2, 0.25) is 0 Å². The lowest BCUT2D eigenvalue weighted by atomic mass is 10.1. The highest BCUT2D eigenvalue weighted by Gasteiger charge is 2.20. The van der Waals surface area contributed by atoms with Crippen molar-refractivity contribution in [3.8, 4) is 0 Å². The average Bonchev–Trinajstić information content (AvgIpc) is 3.22. The number of aromatic nitrogens is 1. The summed E-state index contributed by atoms with van der Waals surface area (Å²) in [5, 5.41) is 2.85.